The number of alkyl halides is 6. The lowest BCUT2D eigenvalue weighted by molar-refractivity contribution is -0.143. The topological polar surface area (TPSA) is 0 Å². The largest absolute Gasteiger partial charge is 0.416 e. The second-order valence-corrected chi connectivity index (χ2v) is 3.57. The summed E-state index contributed by atoms with van der Waals surface area (Å²) >= 11 is 0. The highest BCUT2D eigenvalue weighted by Gasteiger charge is 2.39. The third-order valence-electron chi connectivity index (χ3n) is 2.29. The molecule has 0 radical (unpaired) electrons. The van der Waals surface area contributed by atoms with Gasteiger partial charge in [0, 0.05) is 5.56 Å². The molecule has 0 aliphatic carbocycles. The molecule has 0 bridgehead atoms. The first kappa shape index (κ1) is 14.4. The zero-order valence-electron chi connectivity index (χ0n) is 9.42. The molecule has 0 heterocycles. The lowest BCUT2D eigenvalue weighted by Crippen LogP contribution is -2.15. The van der Waals surface area contributed by atoms with Crippen LogP contribution in [0.3, 0.4) is 0 Å². The Morgan fingerprint density at radius 2 is 1.28 bits per heavy atom. The minimum atomic E-state index is -4.84. The zero-order valence-corrected chi connectivity index (χ0v) is 9.42. The molecular weight excluding hydrogens is 258 g/mol. The fraction of sp³-hybridized carbons (Fsp3) is 0.333. The normalized spacial score (nSPS) is 12.0. The van der Waals surface area contributed by atoms with E-state index in [0.717, 1.165) is 6.92 Å². The smallest absolute Gasteiger partial charge is 0.166 e. The SMILES string of the molecule is CC#Cc1cc(C(F)(F)F)c(C)c(C(F)(F)F)c1. The predicted octanol–water partition coefficient (Wildman–Crippen LogP) is 4.40. The van der Waals surface area contributed by atoms with Crippen LogP contribution >= 0.6 is 0 Å². The Morgan fingerprint density at radius 3 is 1.56 bits per heavy atom. The third kappa shape index (κ3) is 2.97. The Labute approximate surface area is 99.6 Å². The van der Waals surface area contributed by atoms with Crippen LogP contribution in [0.25, 0.3) is 0 Å². The lowest BCUT2D eigenvalue weighted by Gasteiger charge is -2.16. The second kappa shape index (κ2) is 4.56. The van der Waals surface area contributed by atoms with E-state index in [2.05, 4.69) is 11.8 Å². The van der Waals surface area contributed by atoms with E-state index in [4.69, 9.17) is 0 Å². The summed E-state index contributed by atoms with van der Waals surface area (Å²) in [5.41, 5.74) is -3.76. The zero-order chi connectivity index (χ0) is 14.1. The summed E-state index contributed by atoms with van der Waals surface area (Å²) in [4.78, 5) is 0. The Balaban J connectivity index is 3.62. The van der Waals surface area contributed by atoms with E-state index >= 15 is 0 Å². The van der Waals surface area contributed by atoms with Gasteiger partial charge in [-0.25, -0.2) is 0 Å². The monoisotopic (exact) mass is 266 g/mol. The van der Waals surface area contributed by atoms with Crippen LogP contribution in [0.5, 0.6) is 0 Å². The molecule has 0 aliphatic rings. The summed E-state index contributed by atoms with van der Waals surface area (Å²) in [7, 11) is 0. The second-order valence-electron chi connectivity index (χ2n) is 3.57. The van der Waals surface area contributed by atoms with E-state index in [1.807, 2.05) is 0 Å². The van der Waals surface area contributed by atoms with Crippen molar-refractivity contribution in [2.75, 3.05) is 0 Å². The molecular formula is C12H8F6. The van der Waals surface area contributed by atoms with E-state index in [1.165, 1.54) is 6.92 Å². The molecule has 0 N–H and O–H groups in total. The molecule has 1 aromatic rings. The Morgan fingerprint density at radius 1 is 0.889 bits per heavy atom. The van der Waals surface area contributed by atoms with Gasteiger partial charge in [-0.05, 0) is 31.5 Å². The van der Waals surface area contributed by atoms with Crippen molar-refractivity contribution in [3.8, 4) is 11.8 Å². The molecule has 0 saturated carbocycles. The van der Waals surface area contributed by atoms with E-state index in [0.29, 0.717) is 12.1 Å². The molecule has 98 valence electrons. The Kier molecular flexibility index (Phi) is 3.65. The van der Waals surface area contributed by atoms with Crippen molar-refractivity contribution < 1.29 is 26.3 Å². The molecule has 18 heavy (non-hydrogen) atoms. The van der Waals surface area contributed by atoms with Gasteiger partial charge in [0.25, 0.3) is 0 Å². The molecule has 0 amide bonds. The lowest BCUT2D eigenvalue weighted by atomic mass is 9.98. The molecule has 0 aliphatic heterocycles. The van der Waals surface area contributed by atoms with Crippen molar-refractivity contribution in [2.45, 2.75) is 26.2 Å². The summed E-state index contributed by atoms with van der Waals surface area (Å²) in [5.74, 6) is 4.49. The van der Waals surface area contributed by atoms with E-state index < -0.39 is 29.0 Å². The summed E-state index contributed by atoms with van der Waals surface area (Å²) in [6, 6.07) is 1.25. The number of benzene rings is 1. The summed E-state index contributed by atoms with van der Waals surface area (Å²) in [6.45, 7) is 2.13. The van der Waals surface area contributed by atoms with Crippen molar-refractivity contribution in [3.63, 3.8) is 0 Å². The van der Waals surface area contributed by atoms with Gasteiger partial charge in [0.2, 0.25) is 0 Å². The van der Waals surface area contributed by atoms with Crippen molar-refractivity contribution in [3.05, 3.63) is 34.4 Å². The first-order valence-corrected chi connectivity index (χ1v) is 4.79. The van der Waals surface area contributed by atoms with Gasteiger partial charge in [-0.2, -0.15) is 26.3 Å². The maximum absolute atomic E-state index is 12.6. The fourth-order valence-electron chi connectivity index (χ4n) is 1.52. The van der Waals surface area contributed by atoms with E-state index in [-0.39, 0.29) is 5.56 Å². The van der Waals surface area contributed by atoms with Crippen molar-refractivity contribution in [1.82, 2.24) is 0 Å². The van der Waals surface area contributed by atoms with Crippen molar-refractivity contribution >= 4 is 0 Å². The highest BCUT2D eigenvalue weighted by Crippen LogP contribution is 2.39. The molecule has 0 fully saturated rings. The Hall–Kier alpha value is -1.64. The van der Waals surface area contributed by atoms with Gasteiger partial charge in [-0.1, -0.05) is 5.92 Å². The molecule has 0 saturated heterocycles. The molecule has 6 heteroatoms. The minimum absolute atomic E-state index is 0.303. The van der Waals surface area contributed by atoms with Crippen LogP contribution in [0.2, 0.25) is 0 Å². The van der Waals surface area contributed by atoms with Gasteiger partial charge in [0.15, 0.2) is 0 Å². The van der Waals surface area contributed by atoms with Gasteiger partial charge in [0.1, 0.15) is 0 Å². The van der Waals surface area contributed by atoms with Crippen LogP contribution in [-0.2, 0) is 12.4 Å². The average molecular weight is 266 g/mol. The molecule has 0 aromatic heterocycles. The third-order valence-corrected chi connectivity index (χ3v) is 2.29. The van der Waals surface area contributed by atoms with E-state index in [1.54, 1.807) is 0 Å². The van der Waals surface area contributed by atoms with Crippen LogP contribution in [0.15, 0.2) is 12.1 Å². The first-order chi connectivity index (χ1) is 8.07. The van der Waals surface area contributed by atoms with Gasteiger partial charge in [-0.15, -0.1) is 5.92 Å². The number of rotatable bonds is 0. The fourth-order valence-corrected chi connectivity index (χ4v) is 1.52. The average Bonchev–Trinajstić information content (AvgIpc) is 2.17. The molecule has 0 spiro atoms. The van der Waals surface area contributed by atoms with Crippen molar-refractivity contribution in [1.29, 1.82) is 0 Å². The van der Waals surface area contributed by atoms with Crippen LogP contribution in [0.4, 0.5) is 26.3 Å². The number of halogens is 6. The van der Waals surface area contributed by atoms with E-state index in [9.17, 15) is 26.3 Å². The predicted molar refractivity (Wildman–Crippen MR) is 53.7 cm³/mol. The summed E-state index contributed by atoms with van der Waals surface area (Å²) < 4.78 is 75.7. The van der Waals surface area contributed by atoms with Gasteiger partial charge >= 0.3 is 12.4 Å². The van der Waals surface area contributed by atoms with Gasteiger partial charge in [-0.3, -0.25) is 0 Å². The van der Waals surface area contributed by atoms with Gasteiger partial charge < -0.3 is 0 Å². The van der Waals surface area contributed by atoms with Crippen LogP contribution < -0.4 is 0 Å². The molecule has 0 unspecified atom stereocenters. The maximum Gasteiger partial charge on any atom is 0.416 e. The van der Waals surface area contributed by atoms with Gasteiger partial charge in [0.05, 0.1) is 11.1 Å². The molecule has 0 atom stereocenters. The first-order valence-electron chi connectivity index (χ1n) is 4.79. The number of hydrogen-bond acceptors (Lipinski definition) is 0. The molecule has 1 aromatic carbocycles. The molecule has 1 rings (SSSR count). The maximum atomic E-state index is 12.6. The van der Waals surface area contributed by atoms with Crippen molar-refractivity contribution in [2.24, 2.45) is 0 Å². The minimum Gasteiger partial charge on any atom is -0.166 e. The highest BCUT2D eigenvalue weighted by molar-refractivity contribution is 5.47. The Bertz CT molecular complexity index is 475. The number of hydrogen-bond donors (Lipinski definition) is 0. The summed E-state index contributed by atoms with van der Waals surface area (Å²) in [5, 5.41) is 0. The van der Waals surface area contributed by atoms with Crippen LogP contribution in [0.1, 0.15) is 29.2 Å². The standard InChI is InChI=1S/C12H8F6/c1-3-4-8-5-9(11(13,14)15)7(2)10(6-8)12(16,17)18/h5-6H,1-2H3. The molecule has 0 nitrogen and oxygen atoms in total. The quantitative estimate of drug-likeness (QED) is 0.482. The van der Waals surface area contributed by atoms with Crippen LogP contribution in [-0.4, -0.2) is 0 Å². The highest BCUT2D eigenvalue weighted by atomic mass is 19.4. The summed E-state index contributed by atoms with van der Waals surface area (Å²) in [6.07, 6.45) is -9.68. The van der Waals surface area contributed by atoms with Crippen LogP contribution in [0, 0.1) is 18.8 Å².